The molecule has 0 bridgehead atoms. The van der Waals surface area contributed by atoms with Gasteiger partial charge >= 0.3 is 0 Å². The van der Waals surface area contributed by atoms with Crippen LogP contribution < -0.4 is 11.1 Å². The third-order valence-corrected chi connectivity index (χ3v) is 4.47. The summed E-state index contributed by atoms with van der Waals surface area (Å²) in [7, 11) is 1.85. The third-order valence-electron chi connectivity index (χ3n) is 3.53. The Hall–Kier alpha value is -0.480. The zero-order chi connectivity index (χ0) is 14.6. The van der Waals surface area contributed by atoms with Gasteiger partial charge in [-0.1, -0.05) is 35.4 Å². The van der Waals surface area contributed by atoms with Crippen LogP contribution in [0.3, 0.4) is 0 Å². The van der Waals surface area contributed by atoms with Gasteiger partial charge in [0.05, 0.1) is 10.1 Å². The minimum absolute atomic E-state index is 0.177. The topological polar surface area (TPSA) is 41.3 Å². The highest BCUT2D eigenvalue weighted by Crippen LogP contribution is 2.35. The van der Waals surface area contributed by atoms with Crippen molar-refractivity contribution in [3.05, 3.63) is 33.5 Å². The number of rotatable bonds is 5. The Morgan fingerprint density at radius 3 is 2.79 bits per heavy atom. The molecule has 0 saturated heterocycles. The molecule has 0 saturated carbocycles. The first kappa shape index (κ1) is 16.6. The Labute approximate surface area is 126 Å². The molecule has 0 aromatic rings. The van der Waals surface area contributed by atoms with Crippen molar-refractivity contribution in [2.45, 2.75) is 33.5 Å². The van der Waals surface area contributed by atoms with E-state index in [-0.39, 0.29) is 12.2 Å². The van der Waals surface area contributed by atoms with Gasteiger partial charge in [0.1, 0.15) is 6.29 Å². The summed E-state index contributed by atoms with van der Waals surface area (Å²) in [6, 6.07) is 0. The zero-order valence-corrected chi connectivity index (χ0v) is 13.5. The van der Waals surface area contributed by atoms with E-state index in [0.717, 1.165) is 24.2 Å². The van der Waals surface area contributed by atoms with Gasteiger partial charge in [0.2, 0.25) is 0 Å². The summed E-state index contributed by atoms with van der Waals surface area (Å²) < 4.78 is 0. The first-order valence-corrected chi connectivity index (χ1v) is 7.28. The minimum atomic E-state index is -0.177. The van der Waals surface area contributed by atoms with Crippen LogP contribution in [0.1, 0.15) is 27.2 Å². The predicted octanol–water partition coefficient (Wildman–Crippen LogP) is 3.33. The van der Waals surface area contributed by atoms with Crippen LogP contribution in [0.4, 0.5) is 0 Å². The van der Waals surface area contributed by atoms with Gasteiger partial charge in [-0.15, -0.1) is 0 Å². The molecule has 2 atom stereocenters. The Balaban J connectivity index is 2.91. The highest BCUT2D eigenvalue weighted by Gasteiger charge is 2.19. The number of nitrogens with one attached hydrogen (secondary N) is 1. The molecule has 1 aliphatic carbocycles. The van der Waals surface area contributed by atoms with E-state index in [1.54, 1.807) is 0 Å². The SMILES string of the molecule is CCN(/C(C)=C/C1CC=C(Cl)C(Cl)=C1C)C(N)NC. The van der Waals surface area contributed by atoms with E-state index in [2.05, 4.69) is 30.1 Å². The van der Waals surface area contributed by atoms with Crippen LogP contribution >= 0.6 is 23.2 Å². The highest BCUT2D eigenvalue weighted by molar-refractivity contribution is 6.44. The smallest absolute Gasteiger partial charge is 0.131 e. The summed E-state index contributed by atoms with van der Waals surface area (Å²) in [4.78, 5) is 2.11. The number of allylic oxidation sites excluding steroid dienone is 6. The maximum atomic E-state index is 6.20. The molecular weight excluding hydrogens is 281 g/mol. The van der Waals surface area contributed by atoms with Crippen LogP contribution in [0.15, 0.2) is 33.5 Å². The van der Waals surface area contributed by atoms with E-state index in [1.165, 1.54) is 0 Å². The lowest BCUT2D eigenvalue weighted by Crippen LogP contribution is -2.49. The van der Waals surface area contributed by atoms with Crippen LogP contribution in [-0.4, -0.2) is 24.8 Å². The van der Waals surface area contributed by atoms with E-state index in [1.807, 2.05) is 20.0 Å². The molecule has 0 aromatic carbocycles. The minimum Gasteiger partial charge on any atom is -0.348 e. The lowest BCUT2D eigenvalue weighted by Gasteiger charge is -2.31. The molecule has 0 heterocycles. The van der Waals surface area contributed by atoms with Crippen LogP contribution in [-0.2, 0) is 0 Å². The first-order valence-electron chi connectivity index (χ1n) is 6.52. The summed E-state index contributed by atoms with van der Waals surface area (Å²) in [6.45, 7) is 7.04. The number of nitrogens with zero attached hydrogens (tertiary/aromatic N) is 1. The quantitative estimate of drug-likeness (QED) is 0.766. The fourth-order valence-electron chi connectivity index (χ4n) is 2.25. The third kappa shape index (κ3) is 3.99. The van der Waals surface area contributed by atoms with Crippen molar-refractivity contribution in [1.82, 2.24) is 10.2 Å². The van der Waals surface area contributed by atoms with E-state index >= 15 is 0 Å². The van der Waals surface area contributed by atoms with Gasteiger partial charge in [0.15, 0.2) is 0 Å². The standard InChI is InChI=1S/C14H23Cl2N3/c1-5-19(14(17)18-4)9(2)8-11-6-7-12(15)13(16)10(11)3/h7-8,11,14,18H,5-6,17H2,1-4H3/b9-8+. The number of hydrogen-bond donors (Lipinski definition) is 2. The second-order valence-corrected chi connectivity index (χ2v) is 5.50. The molecule has 5 heteroatoms. The van der Waals surface area contributed by atoms with Crippen molar-refractivity contribution in [3.8, 4) is 0 Å². The van der Waals surface area contributed by atoms with Gasteiger partial charge in [-0.2, -0.15) is 0 Å². The van der Waals surface area contributed by atoms with E-state index in [4.69, 9.17) is 28.9 Å². The molecule has 0 aliphatic heterocycles. The Bertz CT molecular complexity index is 413. The molecule has 3 N–H and O–H groups in total. The van der Waals surface area contributed by atoms with Gasteiger partial charge < -0.3 is 4.90 Å². The van der Waals surface area contributed by atoms with Crippen LogP contribution in [0.5, 0.6) is 0 Å². The van der Waals surface area contributed by atoms with Crippen molar-refractivity contribution in [1.29, 1.82) is 0 Å². The predicted molar refractivity (Wildman–Crippen MR) is 83.8 cm³/mol. The molecular formula is C14H23Cl2N3. The molecule has 1 aliphatic rings. The summed E-state index contributed by atoms with van der Waals surface area (Å²) in [5.74, 6) is 0.285. The maximum absolute atomic E-state index is 6.20. The zero-order valence-electron chi connectivity index (χ0n) is 12.0. The molecule has 0 fully saturated rings. The van der Waals surface area contributed by atoms with Crippen LogP contribution in [0, 0.1) is 5.92 Å². The van der Waals surface area contributed by atoms with Gasteiger partial charge in [-0.25, -0.2) is 0 Å². The van der Waals surface area contributed by atoms with Crippen molar-refractivity contribution in [3.63, 3.8) is 0 Å². The van der Waals surface area contributed by atoms with E-state index in [0.29, 0.717) is 10.1 Å². The Kier molecular flexibility index (Phi) is 6.40. The average Bonchev–Trinajstić information content (AvgIpc) is 2.40. The second-order valence-electron chi connectivity index (χ2n) is 4.72. The number of hydrogen-bond acceptors (Lipinski definition) is 3. The van der Waals surface area contributed by atoms with Crippen LogP contribution in [0.25, 0.3) is 0 Å². The summed E-state index contributed by atoms with van der Waals surface area (Å²) >= 11 is 12.2. The number of nitrogens with two attached hydrogens (primary N) is 1. The molecule has 0 amide bonds. The lowest BCUT2D eigenvalue weighted by molar-refractivity contribution is 0.238. The summed E-state index contributed by atoms with van der Waals surface area (Å²) in [6.07, 6.45) is 4.88. The Morgan fingerprint density at radius 1 is 1.63 bits per heavy atom. The molecule has 3 nitrogen and oxygen atoms in total. The van der Waals surface area contributed by atoms with E-state index < -0.39 is 0 Å². The van der Waals surface area contributed by atoms with E-state index in [9.17, 15) is 0 Å². The van der Waals surface area contributed by atoms with Crippen LogP contribution in [0.2, 0.25) is 0 Å². The fourth-order valence-corrected chi connectivity index (χ4v) is 2.70. The summed E-state index contributed by atoms with van der Waals surface area (Å²) in [5.41, 5.74) is 8.28. The van der Waals surface area contributed by atoms with Crippen molar-refractivity contribution >= 4 is 23.2 Å². The van der Waals surface area contributed by atoms with Gasteiger partial charge in [0, 0.05) is 18.2 Å². The molecule has 0 spiro atoms. The van der Waals surface area contributed by atoms with Gasteiger partial charge in [-0.05, 0) is 39.8 Å². The molecule has 0 aromatic heterocycles. The first-order chi connectivity index (χ1) is 8.92. The molecule has 2 unspecified atom stereocenters. The highest BCUT2D eigenvalue weighted by atomic mass is 35.5. The fraction of sp³-hybridized carbons (Fsp3) is 0.571. The molecule has 108 valence electrons. The molecule has 19 heavy (non-hydrogen) atoms. The molecule has 1 rings (SSSR count). The summed E-state index contributed by atoms with van der Waals surface area (Å²) in [5, 5.41) is 4.38. The van der Waals surface area contributed by atoms with Crippen molar-refractivity contribution in [2.75, 3.05) is 13.6 Å². The average molecular weight is 304 g/mol. The Morgan fingerprint density at radius 2 is 2.26 bits per heavy atom. The number of halogens is 2. The van der Waals surface area contributed by atoms with Crippen molar-refractivity contribution in [2.24, 2.45) is 11.7 Å². The van der Waals surface area contributed by atoms with Crippen molar-refractivity contribution < 1.29 is 0 Å². The second kappa shape index (κ2) is 7.34. The maximum Gasteiger partial charge on any atom is 0.131 e. The largest absolute Gasteiger partial charge is 0.348 e. The monoisotopic (exact) mass is 303 g/mol. The van der Waals surface area contributed by atoms with Gasteiger partial charge in [-0.3, -0.25) is 11.1 Å². The molecule has 0 radical (unpaired) electrons. The lowest BCUT2D eigenvalue weighted by atomic mass is 9.91. The van der Waals surface area contributed by atoms with Gasteiger partial charge in [0.25, 0.3) is 0 Å². The normalized spacial score (nSPS) is 22.4.